The maximum atomic E-state index is 13.0. The zero-order valence-corrected chi connectivity index (χ0v) is 13.8. The Labute approximate surface area is 141 Å². The number of rotatable bonds is 7. The van der Waals surface area contributed by atoms with Gasteiger partial charge in [0.2, 0.25) is 0 Å². The second-order valence-corrected chi connectivity index (χ2v) is 5.86. The van der Waals surface area contributed by atoms with E-state index in [4.69, 9.17) is 11.6 Å². The molecule has 23 heavy (non-hydrogen) atoms. The molecule has 0 radical (unpaired) electrons. The van der Waals surface area contributed by atoms with Crippen LogP contribution in [-0.2, 0) is 6.54 Å². The van der Waals surface area contributed by atoms with Gasteiger partial charge in [-0.05, 0) is 43.8 Å². The number of hydrogen-bond donors (Lipinski definition) is 1. The van der Waals surface area contributed by atoms with E-state index >= 15 is 0 Å². The fraction of sp³-hybridized carbons (Fsp3) is 0.278. The van der Waals surface area contributed by atoms with Gasteiger partial charge in [-0.2, -0.15) is 0 Å². The lowest BCUT2D eigenvalue weighted by Crippen LogP contribution is -2.28. The van der Waals surface area contributed by atoms with Gasteiger partial charge in [0.05, 0.1) is 10.6 Å². The standard InChI is InChI=1S/C18H20ClFN2O/c1-22(13-14-6-3-2-4-7-14)11-5-10-21-18(23)16-9-8-15(20)12-17(16)19/h2-4,6-9,12H,5,10-11,13H2,1H3,(H,21,23). The van der Waals surface area contributed by atoms with Crippen LogP contribution in [-0.4, -0.2) is 30.9 Å². The third kappa shape index (κ3) is 5.66. The quantitative estimate of drug-likeness (QED) is 0.782. The molecule has 122 valence electrons. The van der Waals surface area contributed by atoms with Gasteiger partial charge in [0.25, 0.3) is 5.91 Å². The first-order valence-electron chi connectivity index (χ1n) is 7.52. The third-order valence-electron chi connectivity index (χ3n) is 3.47. The number of nitrogens with zero attached hydrogens (tertiary/aromatic N) is 1. The summed E-state index contributed by atoms with van der Waals surface area (Å²) < 4.78 is 13.0. The fourth-order valence-electron chi connectivity index (χ4n) is 2.29. The summed E-state index contributed by atoms with van der Waals surface area (Å²) in [7, 11) is 2.05. The molecule has 1 amide bonds. The van der Waals surface area contributed by atoms with Crippen molar-refractivity contribution >= 4 is 17.5 Å². The second kappa shape index (κ2) is 8.65. The predicted molar refractivity (Wildman–Crippen MR) is 91.1 cm³/mol. The Kier molecular flexibility index (Phi) is 6.56. The van der Waals surface area contributed by atoms with Crippen molar-refractivity contribution in [2.45, 2.75) is 13.0 Å². The highest BCUT2D eigenvalue weighted by atomic mass is 35.5. The highest BCUT2D eigenvalue weighted by Gasteiger charge is 2.10. The van der Waals surface area contributed by atoms with E-state index in [2.05, 4.69) is 22.3 Å². The summed E-state index contributed by atoms with van der Waals surface area (Å²) in [6, 6.07) is 14.0. The summed E-state index contributed by atoms with van der Waals surface area (Å²) in [5.74, 6) is -0.727. The topological polar surface area (TPSA) is 32.3 Å². The molecule has 2 aromatic carbocycles. The first-order valence-corrected chi connectivity index (χ1v) is 7.90. The fourth-order valence-corrected chi connectivity index (χ4v) is 2.55. The molecule has 5 heteroatoms. The van der Waals surface area contributed by atoms with Gasteiger partial charge in [-0.3, -0.25) is 4.79 Å². The highest BCUT2D eigenvalue weighted by molar-refractivity contribution is 6.33. The van der Waals surface area contributed by atoms with Crippen molar-refractivity contribution in [3.05, 3.63) is 70.5 Å². The summed E-state index contributed by atoms with van der Waals surface area (Å²) in [6.07, 6.45) is 0.827. The van der Waals surface area contributed by atoms with Gasteiger partial charge in [-0.15, -0.1) is 0 Å². The van der Waals surface area contributed by atoms with E-state index in [1.54, 1.807) is 0 Å². The molecule has 0 bridgehead atoms. The van der Waals surface area contributed by atoms with Gasteiger partial charge >= 0.3 is 0 Å². The van der Waals surface area contributed by atoms with Crippen LogP contribution < -0.4 is 5.32 Å². The van der Waals surface area contributed by atoms with Crippen LogP contribution in [0.3, 0.4) is 0 Å². The zero-order chi connectivity index (χ0) is 16.7. The number of hydrogen-bond acceptors (Lipinski definition) is 2. The van der Waals surface area contributed by atoms with Crippen LogP contribution >= 0.6 is 11.6 Å². The smallest absolute Gasteiger partial charge is 0.252 e. The molecule has 0 aliphatic carbocycles. The van der Waals surface area contributed by atoms with Crippen molar-refractivity contribution in [3.63, 3.8) is 0 Å². The van der Waals surface area contributed by atoms with Gasteiger partial charge in [-0.1, -0.05) is 41.9 Å². The van der Waals surface area contributed by atoms with Crippen LogP contribution in [0.2, 0.25) is 5.02 Å². The largest absolute Gasteiger partial charge is 0.352 e. The third-order valence-corrected chi connectivity index (χ3v) is 3.79. The van der Waals surface area contributed by atoms with Gasteiger partial charge in [-0.25, -0.2) is 4.39 Å². The van der Waals surface area contributed by atoms with Crippen LogP contribution in [0, 0.1) is 5.82 Å². The Bertz CT molecular complexity index is 649. The molecule has 3 nitrogen and oxygen atoms in total. The van der Waals surface area contributed by atoms with Crippen molar-refractivity contribution in [2.24, 2.45) is 0 Å². The maximum absolute atomic E-state index is 13.0. The maximum Gasteiger partial charge on any atom is 0.252 e. The molecule has 0 saturated carbocycles. The molecule has 2 aromatic rings. The average molecular weight is 335 g/mol. The Balaban J connectivity index is 1.71. The van der Waals surface area contributed by atoms with Crippen LogP contribution in [0.1, 0.15) is 22.3 Å². The van der Waals surface area contributed by atoms with Gasteiger partial charge in [0.1, 0.15) is 5.82 Å². The minimum atomic E-state index is -0.450. The molecule has 0 atom stereocenters. The van der Waals surface area contributed by atoms with E-state index in [0.717, 1.165) is 25.6 Å². The van der Waals surface area contributed by atoms with Crippen molar-refractivity contribution in [3.8, 4) is 0 Å². The molecule has 0 spiro atoms. The predicted octanol–water partition coefficient (Wildman–Crippen LogP) is 3.73. The lowest BCUT2D eigenvalue weighted by Gasteiger charge is -2.16. The van der Waals surface area contributed by atoms with Crippen molar-refractivity contribution in [2.75, 3.05) is 20.1 Å². The summed E-state index contributed by atoms with van der Waals surface area (Å²) in [4.78, 5) is 14.2. The molecule has 0 aliphatic heterocycles. The Morgan fingerprint density at radius 3 is 2.65 bits per heavy atom. The van der Waals surface area contributed by atoms with E-state index < -0.39 is 5.82 Å². The lowest BCUT2D eigenvalue weighted by molar-refractivity contribution is 0.0952. The van der Waals surface area contributed by atoms with E-state index in [9.17, 15) is 9.18 Å². The highest BCUT2D eigenvalue weighted by Crippen LogP contribution is 2.16. The summed E-state index contributed by atoms with van der Waals surface area (Å²) in [5, 5.41) is 2.93. The van der Waals surface area contributed by atoms with Crippen LogP contribution in [0.15, 0.2) is 48.5 Å². The SMILES string of the molecule is CN(CCCNC(=O)c1ccc(F)cc1Cl)Cc1ccccc1. The molecule has 0 aliphatic rings. The molecular weight excluding hydrogens is 315 g/mol. The lowest BCUT2D eigenvalue weighted by atomic mass is 10.2. The number of carbonyl (C=O) groups excluding carboxylic acids is 1. The Morgan fingerprint density at radius 1 is 1.22 bits per heavy atom. The molecular formula is C18H20ClFN2O. The molecule has 0 heterocycles. The zero-order valence-electron chi connectivity index (χ0n) is 13.1. The van der Waals surface area contributed by atoms with Crippen molar-refractivity contribution < 1.29 is 9.18 Å². The number of halogens is 2. The molecule has 2 rings (SSSR count). The minimum Gasteiger partial charge on any atom is -0.352 e. The first-order chi connectivity index (χ1) is 11.1. The molecule has 0 aromatic heterocycles. The molecule has 0 unspecified atom stereocenters. The minimum absolute atomic E-state index is 0.128. The normalized spacial score (nSPS) is 10.8. The van der Waals surface area contributed by atoms with Crippen molar-refractivity contribution in [1.29, 1.82) is 0 Å². The molecule has 0 saturated heterocycles. The Hall–Kier alpha value is -1.91. The first kappa shape index (κ1) is 17.4. The average Bonchev–Trinajstić information content (AvgIpc) is 2.52. The van der Waals surface area contributed by atoms with Gasteiger partial charge in [0, 0.05) is 13.1 Å². The number of carbonyl (C=O) groups is 1. The van der Waals surface area contributed by atoms with Crippen LogP contribution in [0.25, 0.3) is 0 Å². The van der Waals surface area contributed by atoms with E-state index in [0.29, 0.717) is 12.1 Å². The summed E-state index contributed by atoms with van der Waals surface area (Å²) >= 11 is 5.87. The molecule has 0 fully saturated rings. The molecule has 1 N–H and O–H groups in total. The van der Waals surface area contributed by atoms with Crippen LogP contribution in [0.4, 0.5) is 4.39 Å². The van der Waals surface area contributed by atoms with E-state index in [1.807, 2.05) is 25.2 Å². The monoisotopic (exact) mass is 334 g/mol. The van der Waals surface area contributed by atoms with E-state index in [-0.39, 0.29) is 10.9 Å². The van der Waals surface area contributed by atoms with Gasteiger partial charge < -0.3 is 10.2 Å². The van der Waals surface area contributed by atoms with Crippen LogP contribution in [0.5, 0.6) is 0 Å². The summed E-state index contributed by atoms with van der Waals surface area (Å²) in [5.41, 5.74) is 1.56. The Morgan fingerprint density at radius 2 is 1.96 bits per heavy atom. The number of amides is 1. The number of nitrogens with one attached hydrogen (secondary N) is 1. The number of benzene rings is 2. The summed E-state index contributed by atoms with van der Waals surface area (Å²) in [6.45, 7) is 2.29. The van der Waals surface area contributed by atoms with Gasteiger partial charge in [0.15, 0.2) is 0 Å². The second-order valence-electron chi connectivity index (χ2n) is 5.46. The van der Waals surface area contributed by atoms with E-state index in [1.165, 1.54) is 17.7 Å². The van der Waals surface area contributed by atoms with Crippen molar-refractivity contribution in [1.82, 2.24) is 10.2 Å².